The SMILES string of the molecule is CO[Si](C)(CCCCN=C=S)OC. The summed E-state index contributed by atoms with van der Waals surface area (Å²) < 4.78 is 10.7. The minimum atomic E-state index is -1.85. The lowest BCUT2D eigenvalue weighted by molar-refractivity contribution is 0.248. The largest absolute Gasteiger partial charge is 0.398 e. The van der Waals surface area contributed by atoms with E-state index in [1.165, 1.54) is 0 Å². The summed E-state index contributed by atoms with van der Waals surface area (Å²) >= 11 is 4.46. The van der Waals surface area contributed by atoms with Crippen LogP contribution in [0.5, 0.6) is 0 Å². The zero-order chi connectivity index (χ0) is 10.2. The highest BCUT2D eigenvalue weighted by atomic mass is 32.1. The quantitative estimate of drug-likeness (QED) is 0.285. The van der Waals surface area contributed by atoms with E-state index in [1.807, 2.05) is 0 Å². The number of nitrogens with zero attached hydrogens (tertiary/aromatic N) is 1. The van der Waals surface area contributed by atoms with Crippen LogP contribution in [0.4, 0.5) is 0 Å². The van der Waals surface area contributed by atoms with Crippen LogP contribution < -0.4 is 0 Å². The van der Waals surface area contributed by atoms with Crippen LogP contribution in [-0.2, 0) is 8.85 Å². The van der Waals surface area contributed by atoms with Gasteiger partial charge in [-0.2, -0.15) is 0 Å². The normalized spacial score (nSPS) is 11.0. The molecule has 3 nitrogen and oxygen atoms in total. The number of thiocarbonyl (C=S) groups is 1. The van der Waals surface area contributed by atoms with E-state index >= 15 is 0 Å². The number of aliphatic imine (C=N–C) groups is 1. The maximum absolute atomic E-state index is 5.34. The molecule has 0 aromatic carbocycles. The van der Waals surface area contributed by atoms with E-state index in [1.54, 1.807) is 14.2 Å². The smallest absolute Gasteiger partial charge is 0.334 e. The molecule has 0 aromatic heterocycles. The van der Waals surface area contributed by atoms with Crippen molar-refractivity contribution in [3.63, 3.8) is 0 Å². The number of isothiocyanates is 1. The molecule has 5 heteroatoms. The monoisotopic (exact) mass is 219 g/mol. The van der Waals surface area contributed by atoms with Gasteiger partial charge in [-0.25, -0.2) is 4.99 Å². The highest BCUT2D eigenvalue weighted by molar-refractivity contribution is 7.78. The van der Waals surface area contributed by atoms with Gasteiger partial charge in [-0.15, -0.1) is 0 Å². The fourth-order valence-corrected chi connectivity index (χ4v) is 2.53. The van der Waals surface area contributed by atoms with Crippen molar-refractivity contribution >= 4 is 25.9 Å². The Balaban J connectivity index is 3.55. The van der Waals surface area contributed by atoms with Crippen LogP contribution in [-0.4, -0.2) is 34.5 Å². The summed E-state index contributed by atoms with van der Waals surface area (Å²) in [6, 6.07) is 1.01. The summed E-state index contributed by atoms with van der Waals surface area (Å²) in [5.41, 5.74) is 0. The molecule has 0 bridgehead atoms. The van der Waals surface area contributed by atoms with Crippen molar-refractivity contribution in [1.29, 1.82) is 0 Å². The second-order valence-corrected chi connectivity index (χ2v) is 6.74. The molecule has 0 unspecified atom stereocenters. The van der Waals surface area contributed by atoms with Gasteiger partial charge in [0, 0.05) is 20.8 Å². The predicted octanol–water partition coefficient (Wildman–Crippen LogP) is 2.23. The molecule has 0 saturated carbocycles. The molecule has 0 atom stereocenters. The van der Waals surface area contributed by atoms with E-state index in [4.69, 9.17) is 8.85 Å². The van der Waals surface area contributed by atoms with Crippen molar-refractivity contribution in [3.05, 3.63) is 0 Å². The summed E-state index contributed by atoms with van der Waals surface area (Å²) in [6.45, 7) is 2.83. The average molecular weight is 219 g/mol. The highest BCUT2D eigenvalue weighted by Crippen LogP contribution is 2.14. The van der Waals surface area contributed by atoms with Crippen LogP contribution in [0.15, 0.2) is 4.99 Å². The first kappa shape index (κ1) is 12.9. The third-order valence-electron chi connectivity index (χ3n) is 2.08. The van der Waals surface area contributed by atoms with Crippen molar-refractivity contribution in [2.45, 2.75) is 25.4 Å². The van der Waals surface area contributed by atoms with E-state index in [9.17, 15) is 0 Å². The Kier molecular flexibility index (Phi) is 7.32. The van der Waals surface area contributed by atoms with E-state index < -0.39 is 8.56 Å². The lowest BCUT2D eigenvalue weighted by atomic mass is 10.3. The molecule has 0 fully saturated rings. The van der Waals surface area contributed by atoms with Crippen molar-refractivity contribution in [2.24, 2.45) is 4.99 Å². The average Bonchev–Trinajstić information content (AvgIpc) is 2.17. The van der Waals surface area contributed by atoms with E-state index in [0.717, 1.165) is 25.4 Å². The van der Waals surface area contributed by atoms with Gasteiger partial charge in [0.2, 0.25) is 0 Å². The molecule has 0 radical (unpaired) electrons. The zero-order valence-corrected chi connectivity index (χ0v) is 10.3. The molecule has 0 amide bonds. The van der Waals surface area contributed by atoms with Crippen LogP contribution in [0.1, 0.15) is 12.8 Å². The Morgan fingerprint density at radius 1 is 1.31 bits per heavy atom. The summed E-state index contributed by atoms with van der Waals surface area (Å²) in [6.07, 6.45) is 2.10. The Bertz CT molecular complexity index is 179. The van der Waals surface area contributed by atoms with E-state index in [0.29, 0.717) is 0 Å². The zero-order valence-electron chi connectivity index (χ0n) is 8.50. The minimum Gasteiger partial charge on any atom is -0.398 e. The first-order valence-electron chi connectivity index (χ1n) is 4.32. The Morgan fingerprint density at radius 2 is 1.92 bits per heavy atom. The first-order valence-corrected chi connectivity index (χ1v) is 7.25. The molecule has 0 aliphatic heterocycles. The first-order chi connectivity index (χ1) is 6.18. The molecule has 0 aliphatic carbocycles. The van der Waals surface area contributed by atoms with E-state index in [2.05, 4.69) is 28.9 Å². The predicted molar refractivity (Wildman–Crippen MR) is 59.6 cm³/mol. The third-order valence-corrected chi connectivity index (χ3v) is 5.20. The fraction of sp³-hybridized carbons (Fsp3) is 0.875. The minimum absolute atomic E-state index is 0.765. The Morgan fingerprint density at radius 3 is 2.38 bits per heavy atom. The molecule has 0 N–H and O–H groups in total. The maximum atomic E-state index is 5.34. The van der Waals surface area contributed by atoms with Gasteiger partial charge in [-0.05, 0) is 37.7 Å². The molecule has 0 heterocycles. The van der Waals surface area contributed by atoms with Crippen molar-refractivity contribution < 1.29 is 8.85 Å². The van der Waals surface area contributed by atoms with Crippen molar-refractivity contribution in [3.8, 4) is 0 Å². The number of hydrogen-bond donors (Lipinski definition) is 0. The molecular formula is C8H17NO2SSi. The number of hydrogen-bond acceptors (Lipinski definition) is 4. The summed E-state index contributed by atoms with van der Waals surface area (Å²) in [4.78, 5) is 3.84. The third kappa shape index (κ3) is 6.07. The van der Waals surface area contributed by atoms with Gasteiger partial charge in [-0.3, -0.25) is 0 Å². The highest BCUT2D eigenvalue weighted by Gasteiger charge is 2.27. The lowest BCUT2D eigenvalue weighted by Crippen LogP contribution is -2.35. The second kappa shape index (κ2) is 7.35. The number of unbranched alkanes of at least 4 members (excludes halogenated alkanes) is 1. The number of rotatable bonds is 7. The maximum Gasteiger partial charge on any atom is 0.334 e. The van der Waals surface area contributed by atoms with Gasteiger partial charge in [-0.1, -0.05) is 0 Å². The fourth-order valence-electron chi connectivity index (χ4n) is 0.970. The Hall–Kier alpha value is -0.0631. The van der Waals surface area contributed by atoms with Crippen molar-refractivity contribution in [2.75, 3.05) is 20.8 Å². The summed E-state index contributed by atoms with van der Waals surface area (Å²) in [5.74, 6) is 0. The Labute approximate surface area is 86.4 Å². The van der Waals surface area contributed by atoms with Gasteiger partial charge in [0.25, 0.3) is 0 Å². The van der Waals surface area contributed by atoms with Crippen LogP contribution in [0, 0.1) is 0 Å². The second-order valence-electron chi connectivity index (χ2n) is 2.97. The molecule has 76 valence electrons. The molecule has 0 saturated heterocycles. The summed E-state index contributed by atoms with van der Waals surface area (Å²) in [5, 5.41) is 2.35. The van der Waals surface area contributed by atoms with Gasteiger partial charge in [0.1, 0.15) is 0 Å². The molecule has 0 rings (SSSR count). The molecule has 0 aliphatic rings. The standard InChI is InChI=1S/C8H17NO2SSi/c1-10-13(3,11-2)7-5-4-6-9-8-12/h4-7H2,1-3H3. The molecule has 13 heavy (non-hydrogen) atoms. The van der Waals surface area contributed by atoms with Crippen LogP contribution in [0.25, 0.3) is 0 Å². The van der Waals surface area contributed by atoms with Crippen LogP contribution in [0.3, 0.4) is 0 Å². The van der Waals surface area contributed by atoms with E-state index in [-0.39, 0.29) is 0 Å². The summed E-state index contributed by atoms with van der Waals surface area (Å²) in [7, 11) is 1.58. The van der Waals surface area contributed by atoms with Gasteiger partial charge < -0.3 is 8.85 Å². The lowest BCUT2D eigenvalue weighted by Gasteiger charge is -2.22. The van der Waals surface area contributed by atoms with Crippen LogP contribution in [0.2, 0.25) is 12.6 Å². The van der Waals surface area contributed by atoms with Gasteiger partial charge in [0.05, 0.1) is 5.16 Å². The topological polar surface area (TPSA) is 30.8 Å². The van der Waals surface area contributed by atoms with Crippen molar-refractivity contribution in [1.82, 2.24) is 0 Å². The van der Waals surface area contributed by atoms with Gasteiger partial charge >= 0.3 is 8.56 Å². The van der Waals surface area contributed by atoms with Gasteiger partial charge in [0.15, 0.2) is 0 Å². The molecular weight excluding hydrogens is 202 g/mol. The molecule has 0 aromatic rings. The molecule has 0 spiro atoms. The van der Waals surface area contributed by atoms with Crippen LogP contribution >= 0.6 is 12.2 Å².